The molecule has 0 amide bonds. The Hall–Kier alpha value is -2.77. The molecule has 0 spiro atoms. The zero-order valence-corrected chi connectivity index (χ0v) is 12.1. The van der Waals surface area contributed by atoms with Gasteiger partial charge in [-0.15, -0.1) is 0 Å². The monoisotopic (exact) mass is 284 g/mol. The lowest BCUT2D eigenvalue weighted by molar-refractivity contribution is 0.731. The molecule has 3 heterocycles. The molecule has 0 bridgehead atoms. The topological polar surface area (TPSA) is 86.3 Å². The second kappa shape index (κ2) is 5.31. The fraction of sp³-hybridized carbons (Fsp3) is 0.308. The average molecular weight is 284 g/mol. The summed E-state index contributed by atoms with van der Waals surface area (Å²) in [7, 11) is 1.76. The highest BCUT2D eigenvalue weighted by molar-refractivity contribution is 5.32. The zero-order valence-electron chi connectivity index (χ0n) is 12.1. The van der Waals surface area contributed by atoms with E-state index in [2.05, 4.69) is 44.2 Å². The van der Waals surface area contributed by atoms with E-state index in [1.54, 1.807) is 35.0 Å². The molecular weight excluding hydrogens is 268 g/mol. The van der Waals surface area contributed by atoms with Crippen LogP contribution in [-0.2, 0) is 0 Å². The Bertz CT molecular complexity index is 728. The van der Waals surface area contributed by atoms with Gasteiger partial charge in [0, 0.05) is 25.6 Å². The third kappa shape index (κ3) is 2.60. The molecule has 8 heteroatoms. The van der Waals surface area contributed by atoms with Crippen molar-refractivity contribution in [3.05, 3.63) is 36.7 Å². The summed E-state index contributed by atoms with van der Waals surface area (Å²) in [5.41, 5.74) is 0.991. The highest BCUT2D eigenvalue weighted by Crippen LogP contribution is 2.13. The van der Waals surface area contributed by atoms with Crippen LogP contribution >= 0.6 is 0 Å². The molecule has 0 unspecified atom stereocenters. The van der Waals surface area contributed by atoms with Gasteiger partial charge in [-0.1, -0.05) is 13.8 Å². The van der Waals surface area contributed by atoms with Crippen LogP contribution in [-0.4, -0.2) is 41.3 Å². The molecule has 0 aromatic carbocycles. The Morgan fingerprint density at radius 2 is 1.90 bits per heavy atom. The van der Waals surface area contributed by atoms with Gasteiger partial charge in [0.25, 0.3) is 5.95 Å². The van der Waals surface area contributed by atoms with Gasteiger partial charge in [-0.05, 0) is 12.0 Å². The van der Waals surface area contributed by atoms with Crippen molar-refractivity contribution in [2.75, 3.05) is 12.4 Å². The van der Waals surface area contributed by atoms with Crippen molar-refractivity contribution in [3.63, 3.8) is 0 Å². The molecule has 8 nitrogen and oxygen atoms in total. The maximum Gasteiger partial charge on any atom is 0.257 e. The lowest BCUT2D eigenvalue weighted by atomic mass is 10.1. The van der Waals surface area contributed by atoms with Gasteiger partial charge in [0.1, 0.15) is 6.33 Å². The molecular formula is C13H16N8. The van der Waals surface area contributed by atoms with Crippen LogP contribution < -0.4 is 5.32 Å². The summed E-state index contributed by atoms with van der Waals surface area (Å²) in [6.07, 6.45) is 6.94. The molecule has 0 fully saturated rings. The number of hydrogen-bond donors (Lipinski definition) is 1. The van der Waals surface area contributed by atoms with E-state index in [9.17, 15) is 0 Å². The molecule has 0 saturated carbocycles. The Morgan fingerprint density at radius 1 is 1.10 bits per heavy atom. The Balaban J connectivity index is 2.07. The summed E-state index contributed by atoms with van der Waals surface area (Å²) in [6, 6.07) is 1.96. The molecule has 0 saturated heterocycles. The number of aromatic nitrogens is 7. The predicted octanol–water partition coefficient (Wildman–Crippen LogP) is 1.41. The van der Waals surface area contributed by atoms with Crippen molar-refractivity contribution in [2.24, 2.45) is 0 Å². The summed E-state index contributed by atoms with van der Waals surface area (Å²) in [5.74, 6) is 1.78. The largest absolute Gasteiger partial charge is 0.357 e. The van der Waals surface area contributed by atoms with E-state index in [0.29, 0.717) is 23.8 Å². The van der Waals surface area contributed by atoms with Crippen LogP contribution in [0.5, 0.6) is 0 Å². The second-order valence-electron chi connectivity index (χ2n) is 4.82. The molecule has 0 atom stereocenters. The number of nitrogens with one attached hydrogen (secondary N) is 1. The predicted molar refractivity (Wildman–Crippen MR) is 77.7 cm³/mol. The van der Waals surface area contributed by atoms with Gasteiger partial charge in [0.05, 0.1) is 5.69 Å². The van der Waals surface area contributed by atoms with E-state index in [0.717, 1.165) is 5.69 Å². The molecule has 0 aliphatic carbocycles. The van der Waals surface area contributed by atoms with Gasteiger partial charge in [-0.2, -0.15) is 20.1 Å². The van der Waals surface area contributed by atoms with Crippen molar-refractivity contribution in [1.29, 1.82) is 0 Å². The van der Waals surface area contributed by atoms with E-state index >= 15 is 0 Å². The third-order valence-electron chi connectivity index (χ3n) is 2.98. The first-order valence-corrected chi connectivity index (χ1v) is 6.65. The van der Waals surface area contributed by atoms with Gasteiger partial charge >= 0.3 is 0 Å². The summed E-state index contributed by atoms with van der Waals surface area (Å²) >= 11 is 0. The minimum absolute atomic E-state index is 0.352. The first-order chi connectivity index (χ1) is 10.2. The fourth-order valence-corrected chi connectivity index (χ4v) is 1.82. The highest BCUT2D eigenvalue weighted by Gasteiger charge is 2.11. The molecule has 0 aliphatic rings. The normalized spacial score (nSPS) is 11.0. The Morgan fingerprint density at radius 3 is 2.52 bits per heavy atom. The molecule has 108 valence electrons. The average Bonchev–Trinajstić information content (AvgIpc) is 3.18. The second-order valence-corrected chi connectivity index (χ2v) is 4.82. The van der Waals surface area contributed by atoms with E-state index < -0.39 is 0 Å². The minimum atomic E-state index is 0.352. The lowest BCUT2D eigenvalue weighted by Gasteiger charge is -2.07. The van der Waals surface area contributed by atoms with Crippen molar-refractivity contribution in [1.82, 2.24) is 34.3 Å². The van der Waals surface area contributed by atoms with Crippen LogP contribution in [0.1, 0.15) is 25.5 Å². The Kier molecular flexibility index (Phi) is 3.35. The fourth-order valence-electron chi connectivity index (χ4n) is 1.82. The molecule has 3 rings (SSSR count). The number of hydrogen-bond acceptors (Lipinski definition) is 6. The van der Waals surface area contributed by atoms with Gasteiger partial charge in [-0.25, -0.2) is 9.67 Å². The van der Waals surface area contributed by atoms with Crippen LogP contribution in [0.2, 0.25) is 0 Å². The van der Waals surface area contributed by atoms with Crippen molar-refractivity contribution < 1.29 is 0 Å². The molecule has 0 radical (unpaired) electrons. The first-order valence-electron chi connectivity index (χ1n) is 6.65. The van der Waals surface area contributed by atoms with E-state index in [-0.39, 0.29) is 0 Å². The van der Waals surface area contributed by atoms with Crippen LogP contribution in [0.3, 0.4) is 0 Å². The number of imidazole rings is 1. The van der Waals surface area contributed by atoms with Crippen LogP contribution in [0.4, 0.5) is 5.95 Å². The summed E-state index contributed by atoms with van der Waals surface area (Å²) < 4.78 is 3.37. The molecule has 21 heavy (non-hydrogen) atoms. The molecule has 3 aromatic rings. The lowest BCUT2D eigenvalue weighted by Crippen LogP contribution is -2.11. The maximum absolute atomic E-state index is 4.49. The number of rotatable bonds is 4. The standard InChI is InChI=1S/C13H16N8/c1-9(2)10-4-6-21(19-10)13-17-11(14-3)16-12(18-13)20-7-5-15-8-20/h4-9H,1-3H3,(H,14,16,17,18). The Labute approximate surface area is 121 Å². The third-order valence-corrected chi connectivity index (χ3v) is 2.98. The first kappa shape index (κ1) is 13.2. The van der Waals surface area contributed by atoms with Crippen molar-refractivity contribution >= 4 is 5.95 Å². The van der Waals surface area contributed by atoms with Gasteiger partial charge in [0.15, 0.2) is 0 Å². The van der Waals surface area contributed by atoms with Crippen molar-refractivity contribution in [2.45, 2.75) is 19.8 Å². The number of nitrogens with zero attached hydrogens (tertiary/aromatic N) is 7. The van der Waals surface area contributed by atoms with E-state index in [1.165, 1.54) is 0 Å². The van der Waals surface area contributed by atoms with Crippen LogP contribution in [0.25, 0.3) is 11.9 Å². The molecule has 0 aliphatic heterocycles. The maximum atomic E-state index is 4.49. The van der Waals surface area contributed by atoms with E-state index in [1.807, 2.05) is 12.3 Å². The van der Waals surface area contributed by atoms with Crippen molar-refractivity contribution in [3.8, 4) is 11.9 Å². The van der Waals surface area contributed by atoms with Gasteiger partial charge < -0.3 is 5.32 Å². The summed E-state index contributed by atoms with van der Waals surface area (Å²) in [4.78, 5) is 17.1. The smallest absolute Gasteiger partial charge is 0.257 e. The molecule has 1 N–H and O–H groups in total. The zero-order chi connectivity index (χ0) is 14.8. The summed E-state index contributed by atoms with van der Waals surface area (Å²) in [6.45, 7) is 4.19. The number of anilines is 1. The van der Waals surface area contributed by atoms with Crippen LogP contribution in [0.15, 0.2) is 31.0 Å². The SMILES string of the molecule is CNc1nc(-n2ccnc2)nc(-n2ccc(C(C)C)n2)n1. The quantitative estimate of drug-likeness (QED) is 0.779. The minimum Gasteiger partial charge on any atom is -0.357 e. The molecule has 3 aromatic heterocycles. The van der Waals surface area contributed by atoms with Crippen LogP contribution in [0, 0.1) is 0 Å². The van der Waals surface area contributed by atoms with Gasteiger partial charge in [-0.3, -0.25) is 4.57 Å². The van der Waals surface area contributed by atoms with Gasteiger partial charge in [0.2, 0.25) is 11.9 Å². The summed E-state index contributed by atoms with van der Waals surface area (Å²) in [5, 5.41) is 7.42. The highest BCUT2D eigenvalue weighted by atomic mass is 15.4. The van der Waals surface area contributed by atoms with E-state index in [4.69, 9.17) is 0 Å².